The van der Waals surface area contributed by atoms with Crippen LogP contribution in [0.25, 0.3) is 0 Å². The van der Waals surface area contributed by atoms with Gasteiger partial charge in [0.05, 0.1) is 18.8 Å². The van der Waals surface area contributed by atoms with Crippen molar-refractivity contribution < 1.29 is 45.7 Å². The Balaban J connectivity index is 1.92. The maximum absolute atomic E-state index is 13.5. The summed E-state index contributed by atoms with van der Waals surface area (Å²) in [4.78, 5) is 11.8. The number of aromatic nitrogens is 2. The van der Waals surface area contributed by atoms with Crippen molar-refractivity contribution in [3.8, 4) is 11.6 Å². The van der Waals surface area contributed by atoms with Crippen molar-refractivity contribution in [2.45, 2.75) is 44.0 Å². The molecule has 0 bridgehead atoms. The lowest BCUT2D eigenvalue weighted by atomic mass is 10.1. The fourth-order valence-corrected chi connectivity index (χ4v) is 4.57. The number of halogens is 3. The number of hydrogen-bond acceptors (Lipinski definition) is 8. The van der Waals surface area contributed by atoms with Crippen LogP contribution in [0.1, 0.15) is 20.8 Å². The number of aryl methyl sites for hydroxylation is 1. The van der Waals surface area contributed by atoms with Crippen LogP contribution in [0.4, 0.5) is 29.3 Å². The molecule has 15 heteroatoms. The van der Waals surface area contributed by atoms with Crippen LogP contribution in [0, 0.1) is 0 Å². The van der Waals surface area contributed by atoms with Crippen molar-refractivity contribution in [3.63, 3.8) is 0 Å². The molecule has 0 saturated heterocycles. The lowest BCUT2D eigenvalue weighted by Gasteiger charge is -2.31. The van der Waals surface area contributed by atoms with Crippen LogP contribution in [0.3, 0.4) is 0 Å². The molecule has 35 heavy (non-hydrogen) atoms. The van der Waals surface area contributed by atoms with Crippen molar-refractivity contribution in [3.05, 3.63) is 24.4 Å². The van der Waals surface area contributed by atoms with Gasteiger partial charge in [-0.15, -0.1) is 5.10 Å². The molecule has 1 aliphatic rings. The smallest absolute Gasteiger partial charge is 0.427 e. The molecule has 0 spiro atoms. The second-order valence-corrected chi connectivity index (χ2v) is 9.69. The summed E-state index contributed by atoms with van der Waals surface area (Å²) in [6.07, 6.45) is -4.88. The summed E-state index contributed by atoms with van der Waals surface area (Å²) in [5.41, 5.74) is -2.71. The standard InChI is InChI=1S/C20H25F3N4O7S/c1-4-26-12-16(17(25-26)33-10-8-28)35(30,31)27-7-9-32-15-6-5-13(11-14(15)27)24-18(29)34-19(2,3)20(21,22)23/h5-6,11-12,28H,4,7-10H2,1-3H3,(H,24,29). The second-order valence-electron chi connectivity index (χ2n) is 7.86. The molecular weight excluding hydrogens is 497 g/mol. The molecule has 0 radical (unpaired) electrons. The minimum absolute atomic E-state index is 0.0153. The van der Waals surface area contributed by atoms with Crippen LogP contribution < -0.4 is 19.1 Å². The van der Waals surface area contributed by atoms with E-state index in [4.69, 9.17) is 14.6 Å². The fraction of sp³-hybridized carbons (Fsp3) is 0.500. The Labute approximate surface area is 199 Å². The third-order valence-electron chi connectivity index (χ3n) is 4.97. The van der Waals surface area contributed by atoms with Gasteiger partial charge in [0.15, 0.2) is 4.90 Å². The molecule has 11 nitrogen and oxygen atoms in total. The molecule has 0 saturated carbocycles. The number of nitrogens with zero attached hydrogens (tertiary/aromatic N) is 3. The zero-order valence-electron chi connectivity index (χ0n) is 19.1. The highest BCUT2D eigenvalue weighted by molar-refractivity contribution is 7.93. The summed E-state index contributed by atoms with van der Waals surface area (Å²) in [7, 11) is -4.25. The average Bonchev–Trinajstić information content (AvgIpc) is 3.20. The van der Waals surface area contributed by atoms with E-state index in [-0.39, 0.29) is 54.3 Å². The first-order valence-electron chi connectivity index (χ1n) is 10.5. The highest BCUT2D eigenvalue weighted by atomic mass is 32.2. The maximum atomic E-state index is 13.5. The Morgan fingerprint density at radius 3 is 2.66 bits per heavy atom. The van der Waals surface area contributed by atoms with Crippen LogP contribution in [0.5, 0.6) is 11.6 Å². The molecular formula is C20H25F3N4O7S. The van der Waals surface area contributed by atoms with Crippen molar-refractivity contribution in [2.75, 3.05) is 36.0 Å². The second kappa shape index (κ2) is 9.81. The summed E-state index contributed by atoms with van der Waals surface area (Å²) in [5.74, 6) is -0.0174. The van der Waals surface area contributed by atoms with Gasteiger partial charge in [0, 0.05) is 18.4 Å². The topological polar surface area (TPSA) is 132 Å². The van der Waals surface area contributed by atoms with E-state index in [9.17, 15) is 26.4 Å². The number of fused-ring (bicyclic) bond motifs is 1. The molecule has 0 atom stereocenters. The van der Waals surface area contributed by atoms with Crippen molar-refractivity contribution in [1.29, 1.82) is 0 Å². The van der Waals surface area contributed by atoms with Gasteiger partial charge >= 0.3 is 12.3 Å². The molecule has 2 N–H and O–H groups in total. The van der Waals surface area contributed by atoms with Gasteiger partial charge in [0.25, 0.3) is 15.9 Å². The number of aliphatic hydroxyl groups is 1. The van der Waals surface area contributed by atoms with Crippen LogP contribution in [0.15, 0.2) is 29.3 Å². The number of aliphatic hydroxyl groups excluding tert-OH is 1. The molecule has 0 aliphatic carbocycles. The zero-order chi connectivity index (χ0) is 26.0. The van der Waals surface area contributed by atoms with Gasteiger partial charge in [0.2, 0.25) is 5.60 Å². The number of hydrogen-bond donors (Lipinski definition) is 2. The fourth-order valence-electron chi connectivity index (χ4n) is 3.04. The summed E-state index contributed by atoms with van der Waals surface area (Å²) >= 11 is 0. The Hall–Kier alpha value is -3.20. The largest absolute Gasteiger partial charge is 0.489 e. The highest BCUT2D eigenvalue weighted by Crippen LogP contribution is 2.39. The zero-order valence-corrected chi connectivity index (χ0v) is 19.9. The van der Waals surface area contributed by atoms with E-state index in [0.29, 0.717) is 20.4 Å². The number of ether oxygens (including phenoxy) is 3. The molecule has 1 amide bonds. The number of rotatable bonds is 8. The minimum atomic E-state index is -4.79. The molecule has 2 heterocycles. The first kappa shape index (κ1) is 26.4. The Kier molecular flexibility index (Phi) is 7.40. The monoisotopic (exact) mass is 522 g/mol. The van der Waals surface area contributed by atoms with Gasteiger partial charge in [-0.2, -0.15) is 13.2 Å². The number of benzene rings is 1. The highest BCUT2D eigenvalue weighted by Gasteiger charge is 2.51. The summed E-state index contributed by atoms with van der Waals surface area (Å²) in [6.45, 7) is 2.91. The number of alkyl halides is 3. The minimum Gasteiger partial charge on any atom is -0.489 e. The van der Waals surface area contributed by atoms with Gasteiger partial charge in [-0.25, -0.2) is 13.2 Å². The van der Waals surface area contributed by atoms with Gasteiger partial charge in [-0.3, -0.25) is 14.3 Å². The lowest BCUT2D eigenvalue weighted by molar-refractivity contribution is -0.242. The molecule has 1 aliphatic heterocycles. The van der Waals surface area contributed by atoms with E-state index in [0.717, 1.165) is 4.31 Å². The van der Waals surface area contributed by atoms with E-state index >= 15 is 0 Å². The van der Waals surface area contributed by atoms with Crippen molar-refractivity contribution in [2.24, 2.45) is 0 Å². The van der Waals surface area contributed by atoms with E-state index < -0.39 is 27.9 Å². The third kappa shape index (κ3) is 5.56. The van der Waals surface area contributed by atoms with Crippen molar-refractivity contribution >= 4 is 27.5 Å². The number of anilines is 2. The maximum Gasteiger partial charge on any atom is 0.427 e. The van der Waals surface area contributed by atoms with Crippen LogP contribution >= 0.6 is 0 Å². The Morgan fingerprint density at radius 1 is 1.31 bits per heavy atom. The first-order chi connectivity index (χ1) is 16.3. The molecule has 1 aromatic carbocycles. The van der Waals surface area contributed by atoms with Crippen LogP contribution in [0.2, 0.25) is 0 Å². The lowest BCUT2D eigenvalue weighted by Crippen LogP contribution is -2.44. The quantitative estimate of drug-likeness (QED) is 0.541. The van der Waals surface area contributed by atoms with Gasteiger partial charge in [0.1, 0.15) is 19.0 Å². The SMILES string of the molecule is CCn1cc(S(=O)(=O)N2CCOc3ccc(NC(=O)OC(C)(C)C(F)(F)F)cc32)c(OCCO)n1. The summed E-state index contributed by atoms with van der Waals surface area (Å²) in [6, 6.07) is 3.95. The van der Waals surface area contributed by atoms with Gasteiger partial charge in [-0.1, -0.05) is 0 Å². The first-order valence-corrected chi connectivity index (χ1v) is 11.9. The number of amides is 1. The van der Waals surface area contributed by atoms with Crippen molar-refractivity contribution in [1.82, 2.24) is 9.78 Å². The third-order valence-corrected chi connectivity index (χ3v) is 6.77. The molecule has 2 aromatic rings. The van der Waals surface area contributed by atoms with E-state index in [1.165, 1.54) is 29.1 Å². The van der Waals surface area contributed by atoms with E-state index in [1.54, 1.807) is 6.92 Å². The predicted octanol–water partition coefficient (Wildman–Crippen LogP) is 2.75. The van der Waals surface area contributed by atoms with Gasteiger partial charge < -0.3 is 19.3 Å². The average molecular weight is 523 g/mol. The normalized spacial score (nSPS) is 14.2. The molecule has 3 rings (SSSR count). The Bertz CT molecular complexity index is 1180. The summed E-state index contributed by atoms with van der Waals surface area (Å²) in [5, 5.41) is 15.3. The van der Waals surface area contributed by atoms with Crippen LogP contribution in [-0.4, -0.2) is 67.5 Å². The summed E-state index contributed by atoms with van der Waals surface area (Å²) < 4.78 is 83.8. The van der Waals surface area contributed by atoms with Gasteiger partial charge in [-0.05, 0) is 39.0 Å². The predicted molar refractivity (Wildman–Crippen MR) is 117 cm³/mol. The van der Waals surface area contributed by atoms with E-state index in [1.807, 2.05) is 0 Å². The molecule has 194 valence electrons. The number of sulfonamides is 1. The Morgan fingerprint density at radius 2 is 2.03 bits per heavy atom. The van der Waals surface area contributed by atoms with E-state index in [2.05, 4.69) is 15.2 Å². The number of carbonyl (C=O) groups excluding carboxylic acids is 1. The number of carbonyl (C=O) groups is 1. The number of nitrogens with one attached hydrogen (secondary N) is 1. The molecule has 0 fully saturated rings. The molecule has 1 aromatic heterocycles. The molecule has 0 unspecified atom stereocenters. The van der Waals surface area contributed by atoms with Crippen LogP contribution in [-0.2, 0) is 21.3 Å².